The molecule has 0 saturated carbocycles. The summed E-state index contributed by atoms with van der Waals surface area (Å²) in [6, 6.07) is 16.4. The van der Waals surface area contributed by atoms with E-state index in [1.807, 2.05) is 31.2 Å². The fourth-order valence-corrected chi connectivity index (χ4v) is 2.87. The Bertz CT molecular complexity index is 674. The minimum atomic E-state index is -0.220. The van der Waals surface area contributed by atoms with Crippen LogP contribution in [0.1, 0.15) is 71.0 Å². The lowest BCUT2D eigenvalue weighted by Crippen LogP contribution is -2.08. The zero-order chi connectivity index (χ0) is 19.5. The molecule has 0 heterocycles. The lowest BCUT2D eigenvalue weighted by molar-refractivity contribution is -0.148. The van der Waals surface area contributed by atoms with Crippen molar-refractivity contribution in [3.63, 3.8) is 0 Å². The second-order valence-electron chi connectivity index (χ2n) is 6.94. The average molecular weight is 369 g/mol. The third-order valence-corrected chi connectivity index (χ3v) is 4.63. The minimum Gasteiger partial charge on any atom is -0.494 e. The Morgan fingerprint density at radius 3 is 2.04 bits per heavy atom. The maximum Gasteiger partial charge on any atom is 0.306 e. The molecule has 27 heavy (non-hydrogen) atoms. The lowest BCUT2D eigenvalue weighted by atomic mass is 10.0. The molecule has 1 unspecified atom stereocenters. The summed E-state index contributed by atoms with van der Waals surface area (Å²) in [5.74, 6) is 0.797. The van der Waals surface area contributed by atoms with Crippen molar-refractivity contribution in [2.45, 2.75) is 65.4 Å². The van der Waals surface area contributed by atoms with Crippen LogP contribution in [-0.4, -0.2) is 12.6 Å². The molecule has 0 N–H and O–H groups in total. The Morgan fingerprint density at radius 2 is 1.44 bits per heavy atom. The molecular weight excluding hydrogens is 336 g/mol. The first-order chi connectivity index (χ1) is 13.1. The van der Waals surface area contributed by atoms with E-state index in [9.17, 15) is 4.79 Å². The van der Waals surface area contributed by atoms with E-state index in [0.29, 0.717) is 6.42 Å². The molecule has 0 aliphatic carbocycles. The summed E-state index contributed by atoms with van der Waals surface area (Å²) < 4.78 is 11.2. The van der Waals surface area contributed by atoms with Crippen molar-refractivity contribution in [2.24, 2.45) is 0 Å². The molecule has 0 amide bonds. The summed E-state index contributed by atoms with van der Waals surface area (Å²) in [6.45, 7) is 6.97. The number of esters is 1. The highest BCUT2D eigenvalue weighted by Gasteiger charge is 2.11. The highest BCUT2D eigenvalue weighted by molar-refractivity contribution is 5.69. The predicted octanol–water partition coefficient (Wildman–Crippen LogP) is 6.72. The van der Waals surface area contributed by atoms with Crippen molar-refractivity contribution in [3.8, 4) is 16.9 Å². The summed E-state index contributed by atoms with van der Waals surface area (Å²) in [6.07, 6.45) is 5.57. The van der Waals surface area contributed by atoms with Gasteiger partial charge in [0.05, 0.1) is 6.61 Å². The fraction of sp³-hybridized carbons (Fsp3) is 0.458. The first-order valence-corrected chi connectivity index (χ1v) is 10.2. The van der Waals surface area contributed by atoms with Crippen LogP contribution in [0.25, 0.3) is 11.1 Å². The fourth-order valence-electron chi connectivity index (χ4n) is 2.87. The van der Waals surface area contributed by atoms with E-state index < -0.39 is 0 Å². The van der Waals surface area contributed by atoms with Crippen LogP contribution in [0.4, 0.5) is 0 Å². The van der Waals surface area contributed by atoms with E-state index in [2.05, 4.69) is 38.1 Å². The normalized spacial score (nSPS) is 11.8. The summed E-state index contributed by atoms with van der Waals surface area (Å²) >= 11 is 0. The Morgan fingerprint density at radius 1 is 0.852 bits per heavy atom. The van der Waals surface area contributed by atoms with Crippen LogP contribution in [0.3, 0.4) is 0 Å². The maximum atomic E-state index is 11.9. The molecule has 0 spiro atoms. The number of unbranched alkanes of at least 4 members (excludes halogenated alkanes) is 3. The molecule has 0 aliphatic heterocycles. The van der Waals surface area contributed by atoms with Gasteiger partial charge in [-0.1, -0.05) is 69.5 Å². The first-order valence-electron chi connectivity index (χ1n) is 10.2. The molecule has 0 aliphatic rings. The number of ether oxygens (including phenoxy) is 2. The Kier molecular flexibility index (Phi) is 8.90. The zero-order valence-corrected chi connectivity index (χ0v) is 16.9. The van der Waals surface area contributed by atoms with Crippen molar-refractivity contribution in [1.29, 1.82) is 0 Å². The van der Waals surface area contributed by atoms with E-state index >= 15 is 0 Å². The van der Waals surface area contributed by atoms with Gasteiger partial charge in [0.2, 0.25) is 0 Å². The van der Waals surface area contributed by atoms with Gasteiger partial charge in [-0.25, -0.2) is 0 Å². The zero-order valence-electron chi connectivity index (χ0n) is 16.9. The Balaban J connectivity index is 1.91. The minimum absolute atomic E-state index is 0.112. The molecule has 0 aromatic heterocycles. The standard InChI is InChI=1S/C24H32O3/c1-4-6-8-9-24(25)27-19(3)20-10-12-21(13-11-20)22-14-16-23(17-15-22)26-18-7-5-2/h10-17,19H,4-9,18H2,1-3H3. The molecule has 1 atom stereocenters. The van der Waals surface area contributed by atoms with Gasteiger partial charge in [-0.3, -0.25) is 4.79 Å². The van der Waals surface area contributed by atoms with Gasteiger partial charge in [0.1, 0.15) is 11.9 Å². The molecule has 3 nitrogen and oxygen atoms in total. The Labute approximate surface area is 163 Å². The smallest absolute Gasteiger partial charge is 0.306 e. The molecular formula is C24H32O3. The second-order valence-corrected chi connectivity index (χ2v) is 6.94. The molecule has 2 rings (SSSR count). The van der Waals surface area contributed by atoms with Crippen molar-refractivity contribution in [3.05, 3.63) is 54.1 Å². The number of benzene rings is 2. The highest BCUT2D eigenvalue weighted by Crippen LogP contribution is 2.25. The monoisotopic (exact) mass is 368 g/mol. The van der Waals surface area contributed by atoms with E-state index in [0.717, 1.165) is 61.2 Å². The van der Waals surface area contributed by atoms with Gasteiger partial charge in [-0.05, 0) is 48.6 Å². The van der Waals surface area contributed by atoms with Crippen LogP contribution in [0.2, 0.25) is 0 Å². The number of carbonyl (C=O) groups is 1. The third kappa shape index (κ3) is 7.09. The summed E-state index contributed by atoms with van der Waals surface area (Å²) in [7, 11) is 0. The van der Waals surface area contributed by atoms with Gasteiger partial charge in [0.15, 0.2) is 0 Å². The molecule has 2 aromatic carbocycles. The molecule has 0 radical (unpaired) electrons. The second kappa shape index (κ2) is 11.4. The quantitative estimate of drug-likeness (QED) is 0.326. The maximum absolute atomic E-state index is 11.9. The third-order valence-electron chi connectivity index (χ3n) is 4.63. The Hall–Kier alpha value is -2.29. The van der Waals surface area contributed by atoms with Crippen molar-refractivity contribution >= 4 is 5.97 Å². The van der Waals surface area contributed by atoms with Crippen molar-refractivity contribution in [1.82, 2.24) is 0 Å². The molecule has 2 aromatic rings. The van der Waals surface area contributed by atoms with Crippen molar-refractivity contribution in [2.75, 3.05) is 6.61 Å². The predicted molar refractivity (Wildman–Crippen MR) is 111 cm³/mol. The molecule has 3 heteroatoms. The first kappa shape index (κ1) is 21.0. The number of carbonyl (C=O) groups excluding carboxylic acids is 1. The van der Waals surface area contributed by atoms with Gasteiger partial charge >= 0.3 is 5.97 Å². The van der Waals surface area contributed by atoms with E-state index in [4.69, 9.17) is 9.47 Å². The van der Waals surface area contributed by atoms with E-state index in [-0.39, 0.29) is 12.1 Å². The number of hydrogen-bond donors (Lipinski definition) is 0. The van der Waals surface area contributed by atoms with Crippen LogP contribution >= 0.6 is 0 Å². The van der Waals surface area contributed by atoms with Crippen LogP contribution < -0.4 is 4.74 Å². The molecule has 146 valence electrons. The van der Waals surface area contributed by atoms with Gasteiger partial charge in [-0.15, -0.1) is 0 Å². The highest BCUT2D eigenvalue weighted by atomic mass is 16.5. The molecule has 0 fully saturated rings. The van der Waals surface area contributed by atoms with Crippen LogP contribution in [0.5, 0.6) is 5.75 Å². The number of rotatable bonds is 11. The van der Waals surface area contributed by atoms with Gasteiger partial charge in [0, 0.05) is 6.42 Å². The van der Waals surface area contributed by atoms with Crippen LogP contribution in [-0.2, 0) is 9.53 Å². The molecule has 0 bridgehead atoms. The summed E-state index contributed by atoms with van der Waals surface area (Å²) in [4.78, 5) is 11.9. The van der Waals surface area contributed by atoms with Crippen molar-refractivity contribution < 1.29 is 14.3 Å². The topological polar surface area (TPSA) is 35.5 Å². The average Bonchev–Trinajstić information content (AvgIpc) is 2.69. The van der Waals surface area contributed by atoms with Crippen LogP contribution in [0.15, 0.2) is 48.5 Å². The largest absolute Gasteiger partial charge is 0.494 e. The SMILES string of the molecule is CCCCCC(=O)OC(C)c1ccc(-c2ccc(OCCCC)cc2)cc1. The molecule has 0 saturated heterocycles. The van der Waals surface area contributed by atoms with Gasteiger partial charge in [-0.2, -0.15) is 0 Å². The summed E-state index contributed by atoms with van der Waals surface area (Å²) in [5, 5.41) is 0. The summed E-state index contributed by atoms with van der Waals surface area (Å²) in [5.41, 5.74) is 3.30. The number of hydrogen-bond acceptors (Lipinski definition) is 3. The van der Waals surface area contributed by atoms with Gasteiger partial charge in [0.25, 0.3) is 0 Å². The van der Waals surface area contributed by atoms with Gasteiger partial charge < -0.3 is 9.47 Å². The van der Waals surface area contributed by atoms with E-state index in [1.165, 1.54) is 0 Å². The van der Waals surface area contributed by atoms with Crippen LogP contribution in [0, 0.1) is 0 Å². The van der Waals surface area contributed by atoms with E-state index in [1.54, 1.807) is 0 Å². The lowest BCUT2D eigenvalue weighted by Gasteiger charge is -2.14.